The Labute approximate surface area is 84.2 Å². The van der Waals surface area contributed by atoms with Crippen molar-refractivity contribution < 1.29 is 9.53 Å². The van der Waals surface area contributed by atoms with Crippen LogP contribution in [-0.4, -0.2) is 12.4 Å². The highest BCUT2D eigenvalue weighted by atomic mass is 16.5. The van der Waals surface area contributed by atoms with E-state index in [4.69, 9.17) is 4.74 Å². The molecule has 0 aliphatic heterocycles. The van der Waals surface area contributed by atoms with Crippen molar-refractivity contribution >= 4 is 11.4 Å². The summed E-state index contributed by atoms with van der Waals surface area (Å²) in [6, 6.07) is 9.51. The first kappa shape index (κ1) is 10.5. The maximum atomic E-state index is 11.3. The van der Waals surface area contributed by atoms with Gasteiger partial charge in [-0.1, -0.05) is 30.3 Å². The molecular weight excluding hydrogens is 176 g/mol. The van der Waals surface area contributed by atoms with Crippen LogP contribution in [0.4, 0.5) is 0 Å². The van der Waals surface area contributed by atoms with Crippen molar-refractivity contribution in [3.63, 3.8) is 0 Å². The lowest BCUT2D eigenvalue weighted by molar-refractivity contribution is -0.111. The van der Waals surface area contributed by atoms with Gasteiger partial charge in [0.25, 0.3) is 0 Å². The van der Waals surface area contributed by atoms with Gasteiger partial charge in [-0.15, -0.1) is 0 Å². The fraction of sp³-hybridized carbons (Fsp3) is 0.250. The van der Waals surface area contributed by atoms with Crippen LogP contribution < -0.4 is 0 Å². The van der Waals surface area contributed by atoms with Crippen molar-refractivity contribution in [1.29, 1.82) is 0 Å². The molecule has 0 saturated carbocycles. The molecule has 0 saturated heterocycles. The summed E-state index contributed by atoms with van der Waals surface area (Å²) >= 11 is 0. The molecule has 0 aliphatic rings. The molecule has 0 aliphatic carbocycles. The monoisotopic (exact) mass is 190 g/mol. The molecule has 0 N–H and O–H groups in total. The first-order valence-corrected chi connectivity index (χ1v) is 4.63. The number of allylic oxidation sites excluding steroid dienone is 1. The van der Waals surface area contributed by atoms with E-state index in [9.17, 15) is 4.79 Å². The molecule has 0 radical (unpaired) electrons. The van der Waals surface area contributed by atoms with Crippen molar-refractivity contribution in [3.8, 4) is 0 Å². The number of hydrogen-bond donors (Lipinski definition) is 0. The quantitative estimate of drug-likeness (QED) is 0.539. The number of rotatable bonds is 4. The molecule has 0 heterocycles. The number of carbonyl (C=O) groups is 1. The largest absolute Gasteiger partial charge is 0.501 e. The van der Waals surface area contributed by atoms with Crippen LogP contribution in [0.25, 0.3) is 5.57 Å². The molecule has 2 nitrogen and oxygen atoms in total. The maximum Gasteiger partial charge on any atom is 0.163 e. The molecule has 1 rings (SSSR count). The second-order valence-corrected chi connectivity index (χ2v) is 2.91. The van der Waals surface area contributed by atoms with Gasteiger partial charge in [-0.3, -0.25) is 4.79 Å². The third-order valence-corrected chi connectivity index (χ3v) is 1.83. The van der Waals surface area contributed by atoms with Crippen molar-refractivity contribution in [2.45, 2.75) is 13.8 Å². The maximum absolute atomic E-state index is 11.3. The summed E-state index contributed by atoms with van der Waals surface area (Å²) in [5, 5.41) is 0. The predicted octanol–water partition coefficient (Wildman–Crippen LogP) is 2.65. The van der Waals surface area contributed by atoms with Gasteiger partial charge in [-0.05, 0) is 19.4 Å². The van der Waals surface area contributed by atoms with Crippen LogP contribution in [0.3, 0.4) is 0 Å². The lowest BCUT2D eigenvalue weighted by atomic mass is 10.0. The Morgan fingerprint density at radius 3 is 2.50 bits per heavy atom. The van der Waals surface area contributed by atoms with Crippen LogP contribution in [-0.2, 0) is 9.53 Å². The second kappa shape index (κ2) is 5.22. The van der Waals surface area contributed by atoms with Gasteiger partial charge in [0, 0.05) is 0 Å². The zero-order valence-corrected chi connectivity index (χ0v) is 8.49. The van der Waals surface area contributed by atoms with Gasteiger partial charge in [-0.25, -0.2) is 0 Å². The highest BCUT2D eigenvalue weighted by Crippen LogP contribution is 2.14. The van der Waals surface area contributed by atoms with Gasteiger partial charge in [0.2, 0.25) is 0 Å². The van der Waals surface area contributed by atoms with Crippen molar-refractivity contribution in [1.82, 2.24) is 0 Å². The fourth-order valence-corrected chi connectivity index (χ4v) is 1.14. The van der Waals surface area contributed by atoms with Crippen molar-refractivity contribution in [2.24, 2.45) is 0 Å². The Bertz CT molecular complexity index is 325. The molecule has 14 heavy (non-hydrogen) atoms. The minimum atomic E-state index is 0.0182. The summed E-state index contributed by atoms with van der Waals surface area (Å²) in [5.74, 6) is 0.0182. The van der Waals surface area contributed by atoms with E-state index in [1.807, 2.05) is 37.3 Å². The van der Waals surface area contributed by atoms with E-state index in [0.717, 1.165) is 5.56 Å². The Kier molecular flexibility index (Phi) is 3.92. The predicted molar refractivity (Wildman–Crippen MR) is 56.7 cm³/mol. The first-order valence-electron chi connectivity index (χ1n) is 4.63. The van der Waals surface area contributed by atoms with E-state index in [2.05, 4.69) is 0 Å². The van der Waals surface area contributed by atoms with E-state index in [1.165, 1.54) is 13.2 Å². The van der Waals surface area contributed by atoms with E-state index in [-0.39, 0.29) is 5.78 Å². The standard InChI is InChI=1S/C12H14O2/c1-3-14-9-12(10(2)13)11-7-5-4-6-8-11/h4-9H,3H2,1-2H3/b12-9-. The number of carbonyl (C=O) groups excluding carboxylic acids is 1. The zero-order valence-electron chi connectivity index (χ0n) is 8.49. The van der Waals surface area contributed by atoms with Crippen LogP contribution in [0.2, 0.25) is 0 Å². The second-order valence-electron chi connectivity index (χ2n) is 2.91. The van der Waals surface area contributed by atoms with Crippen LogP contribution in [0.15, 0.2) is 36.6 Å². The van der Waals surface area contributed by atoms with Gasteiger partial charge < -0.3 is 4.74 Å². The molecular formula is C12H14O2. The fourth-order valence-electron chi connectivity index (χ4n) is 1.14. The number of ketones is 1. The minimum Gasteiger partial charge on any atom is -0.501 e. The van der Waals surface area contributed by atoms with E-state index < -0.39 is 0 Å². The lowest BCUT2D eigenvalue weighted by Crippen LogP contribution is -1.97. The van der Waals surface area contributed by atoms with E-state index in [1.54, 1.807) is 0 Å². The Hall–Kier alpha value is -1.57. The first-order chi connectivity index (χ1) is 6.75. The number of hydrogen-bond acceptors (Lipinski definition) is 2. The van der Waals surface area contributed by atoms with E-state index >= 15 is 0 Å². The highest BCUT2D eigenvalue weighted by Gasteiger charge is 2.06. The molecule has 74 valence electrons. The van der Waals surface area contributed by atoms with Crippen molar-refractivity contribution in [2.75, 3.05) is 6.61 Å². The van der Waals surface area contributed by atoms with Crippen LogP contribution in [0, 0.1) is 0 Å². The number of benzene rings is 1. The molecule has 0 unspecified atom stereocenters. The van der Waals surface area contributed by atoms with Crippen LogP contribution in [0.5, 0.6) is 0 Å². The topological polar surface area (TPSA) is 26.3 Å². The normalized spacial score (nSPS) is 11.1. The van der Waals surface area contributed by atoms with Crippen molar-refractivity contribution in [3.05, 3.63) is 42.2 Å². The summed E-state index contributed by atoms with van der Waals surface area (Å²) in [6.45, 7) is 4.00. The highest BCUT2D eigenvalue weighted by molar-refractivity contribution is 6.19. The summed E-state index contributed by atoms with van der Waals surface area (Å²) in [5.41, 5.74) is 1.51. The molecule has 0 bridgehead atoms. The SMILES string of the molecule is CCO/C=C(/C(C)=O)c1ccccc1. The zero-order chi connectivity index (χ0) is 10.4. The third kappa shape index (κ3) is 2.73. The number of Topliss-reactive ketones (excluding diaryl/α,β-unsaturated/α-hetero) is 1. The molecule has 0 fully saturated rings. The van der Waals surface area contributed by atoms with Gasteiger partial charge in [0.1, 0.15) is 0 Å². The molecule has 0 atom stereocenters. The smallest absolute Gasteiger partial charge is 0.163 e. The molecule has 0 amide bonds. The molecule has 1 aromatic carbocycles. The Balaban J connectivity index is 2.95. The van der Waals surface area contributed by atoms with Gasteiger partial charge in [-0.2, -0.15) is 0 Å². The van der Waals surface area contributed by atoms with E-state index in [0.29, 0.717) is 12.2 Å². The Morgan fingerprint density at radius 1 is 1.36 bits per heavy atom. The minimum absolute atomic E-state index is 0.0182. The molecule has 0 aromatic heterocycles. The summed E-state index contributed by atoms with van der Waals surface area (Å²) in [7, 11) is 0. The van der Waals surface area contributed by atoms with Gasteiger partial charge in [0.05, 0.1) is 18.4 Å². The Morgan fingerprint density at radius 2 is 2.00 bits per heavy atom. The average Bonchev–Trinajstić information content (AvgIpc) is 2.19. The summed E-state index contributed by atoms with van der Waals surface area (Å²) in [6.07, 6.45) is 1.53. The molecule has 1 aromatic rings. The summed E-state index contributed by atoms with van der Waals surface area (Å²) in [4.78, 5) is 11.3. The van der Waals surface area contributed by atoms with Gasteiger partial charge >= 0.3 is 0 Å². The van der Waals surface area contributed by atoms with Crippen LogP contribution in [0.1, 0.15) is 19.4 Å². The van der Waals surface area contributed by atoms with Crippen LogP contribution >= 0.6 is 0 Å². The number of ether oxygens (including phenoxy) is 1. The molecule has 0 spiro atoms. The van der Waals surface area contributed by atoms with Gasteiger partial charge in [0.15, 0.2) is 5.78 Å². The summed E-state index contributed by atoms with van der Waals surface area (Å²) < 4.78 is 5.13. The average molecular weight is 190 g/mol. The molecule has 2 heteroatoms. The lowest BCUT2D eigenvalue weighted by Gasteiger charge is -2.03. The third-order valence-electron chi connectivity index (χ3n) is 1.83.